The van der Waals surface area contributed by atoms with E-state index in [9.17, 15) is 0 Å². The first-order chi connectivity index (χ1) is 8.24. The molecule has 17 heavy (non-hydrogen) atoms. The summed E-state index contributed by atoms with van der Waals surface area (Å²) in [5.41, 5.74) is 1.49. The van der Waals surface area contributed by atoms with Crippen LogP contribution in [0.25, 0.3) is 0 Å². The van der Waals surface area contributed by atoms with E-state index in [-0.39, 0.29) is 0 Å². The molecule has 3 atom stereocenters. The number of hydrogen-bond donors (Lipinski definition) is 1. The van der Waals surface area contributed by atoms with Gasteiger partial charge in [0, 0.05) is 17.0 Å². The summed E-state index contributed by atoms with van der Waals surface area (Å²) in [6.45, 7) is 2.38. The van der Waals surface area contributed by atoms with Crippen molar-refractivity contribution < 1.29 is 0 Å². The molecule has 0 aromatic carbocycles. The first-order valence-corrected chi connectivity index (χ1v) is 7.97. The molecule has 0 amide bonds. The second kappa shape index (κ2) is 4.91. The molecule has 1 fully saturated rings. The number of fused-ring (bicyclic) bond motifs is 1. The molecule has 3 heteroatoms. The van der Waals surface area contributed by atoms with E-state index in [1.165, 1.54) is 49.0 Å². The predicted molar refractivity (Wildman–Crippen MR) is 74.9 cm³/mol. The maximum Gasteiger partial charge on any atom is 0.0934 e. The Morgan fingerprint density at radius 2 is 2.18 bits per heavy atom. The molecule has 94 valence electrons. The summed E-state index contributed by atoms with van der Waals surface area (Å²) >= 11 is 7.93. The van der Waals surface area contributed by atoms with E-state index in [0.29, 0.717) is 6.04 Å². The lowest BCUT2D eigenvalue weighted by Crippen LogP contribution is -2.35. The fraction of sp³-hybridized carbons (Fsp3) is 0.714. The zero-order chi connectivity index (χ0) is 11.8. The number of hydrogen-bond acceptors (Lipinski definition) is 2. The molecule has 1 aromatic heterocycles. The normalized spacial score (nSPS) is 32.7. The highest BCUT2D eigenvalue weighted by Crippen LogP contribution is 2.39. The third kappa shape index (κ3) is 2.40. The molecule has 0 aliphatic heterocycles. The van der Waals surface area contributed by atoms with Crippen LogP contribution in [-0.4, -0.2) is 6.04 Å². The molecule has 1 saturated carbocycles. The minimum atomic E-state index is 0.563. The Morgan fingerprint density at radius 1 is 1.29 bits per heavy atom. The summed E-state index contributed by atoms with van der Waals surface area (Å²) in [7, 11) is 0. The summed E-state index contributed by atoms with van der Waals surface area (Å²) in [6, 6.07) is 3.48. The highest BCUT2D eigenvalue weighted by atomic mass is 35.5. The van der Waals surface area contributed by atoms with Crippen molar-refractivity contribution in [2.24, 2.45) is 5.92 Å². The summed E-state index contributed by atoms with van der Waals surface area (Å²) in [5.74, 6) is 0.842. The van der Waals surface area contributed by atoms with Gasteiger partial charge in [-0.1, -0.05) is 24.9 Å². The fourth-order valence-corrected chi connectivity index (χ4v) is 4.73. The van der Waals surface area contributed by atoms with Crippen LogP contribution in [0.4, 0.5) is 0 Å². The molecule has 2 aliphatic carbocycles. The minimum absolute atomic E-state index is 0.563. The average Bonchev–Trinajstić information content (AvgIpc) is 2.85. The van der Waals surface area contributed by atoms with Crippen molar-refractivity contribution in [1.29, 1.82) is 0 Å². The van der Waals surface area contributed by atoms with E-state index in [1.807, 2.05) is 0 Å². The Balaban J connectivity index is 1.76. The molecule has 0 radical (unpaired) electrons. The van der Waals surface area contributed by atoms with E-state index in [1.54, 1.807) is 11.3 Å². The summed E-state index contributed by atoms with van der Waals surface area (Å²) in [5, 5.41) is 3.89. The molecule has 0 saturated heterocycles. The molecule has 1 nitrogen and oxygen atoms in total. The van der Waals surface area contributed by atoms with Gasteiger partial charge < -0.3 is 5.32 Å². The topological polar surface area (TPSA) is 12.0 Å². The first-order valence-electron chi connectivity index (χ1n) is 6.78. The van der Waals surface area contributed by atoms with Crippen molar-refractivity contribution >= 4 is 22.9 Å². The summed E-state index contributed by atoms with van der Waals surface area (Å²) < 4.78 is 0.961. The Morgan fingerprint density at radius 3 is 2.94 bits per heavy atom. The van der Waals surface area contributed by atoms with Crippen LogP contribution in [-0.2, 0) is 6.42 Å². The number of aryl methyl sites for hydroxylation is 1. The van der Waals surface area contributed by atoms with E-state index < -0.39 is 0 Å². The number of thiophene rings is 1. The SMILES string of the molecule is CC1CCCC1NC1CCCc2sc(Cl)cc21. The van der Waals surface area contributed by atoms with Crippen LogP contribution in [0.2, 0.25) is 4.34 Å². The Kier molecular flexibility index (Phi) is 3.47. The molecule has 3 unspecified atom stereocenters. The average molecular weight is 270 g/mol. The second-order valence-corrected chi connectivity index (χ2v) is 7.32. The van der Waals surface area contributed by atoms with Gasteiger partial charge in [0.2, 0.25) is 0 Å². The lowest BCUT2D eigenvalue weighted by atomic mass is 9.92. The van der Waals surface area contributed by atoms with Gasteiger partial charge in [-0.05, 0) is 49.7 Å². The Labute approximate surface area is 113 Å². The van der Waals surface area contributed by atoms with Crippen LogP contribution < -0.4 is 5.32 Å². The highest BCUT2D eigenvalue weighted by Gasteiger charge is 2.29. The van der Waals surface area contributed by atoms with Crippen molar-refractivity contribution in [3.05, 3.63) is 20.8 Å². The Hall–Kier alpha value is -0.0500. The van der Waals surface area contributed by atoms with Gasteiger partial charge in [0.15, 0.2) is 0 Å². The van der Waals surface area contributed by atoms with Gasteiger partial charge in [-0.15, -0.1) is 11.3 Å². The van der Waals surface area contributed by atoms with Gasteiger partial charge in [-0.2, -0.15) is 0 Å². The predicted octanol–water partition coefficient (Wildman–Crippen LogP) is 4.56. The van der Waals surface area contributed by atoms with Crippen molar-refractivity contribution in [3.8, 4) is 0 Å². The number of halogens is 1. The molecule has 0 spiro atoms. The molecule has 1 N–H and O–H groups in total. The van der Waals surface area contributed by atoms with Crippen molar-refractivity contribution in [3.63, 3.8) is 0 Å². The molecule has 2 aliphatic rings. The fourth-order valence-electron chi connectivity index (χ4n) is 3.35. The van der Waals surface area contributed by atoms with Crippen molar-refractivity contribution in [2.75, 3.05) is 0 Å². The second-order valence-electron chi connectivity index (χ2n) is 5.56. The maximum absolute atomic E-state index is 6.15. The number of nitrogens with one attached hydrogen (secondary N) is 1. The number of rotatable bonds is 2. The van der Waals surface area contributed by atoms with Gasteiger partial charge >= 0.3 is 0 Å². The lowest BCUT2D eigenvalue weighted by molar-refractivity contribution is 0.351. The van der Waals surface area contributed by atoms with Gasteiger partial charge in [0.05, 0.1) is 4.34 Å². The van der Waals surface area contributed by atoms with Crippen molar-refractivity contribution in [1.82, 2.24) is 5.32 Å². The molecule has 1 aromatic rings. The monoisotopic (exact) mass is 269 g/mol. The van der Waals surface area contributed by atoms with Gasteiger partial charge in [0.1, 0.15) is 0 Å². The maximum atomic E-state index is 6.15. The minimum Gasteiger partial charge on any atom is -0.307 e. The van der Waals surface area contributed by atoms with E-state index >= 15 is 0 Å². The van der Waals surface area contributed by atoms with E-state index in [0.717, 1.165) is 16.3 Å². The summed E-state index contributed by atoms with van der Waals surface area (Å²) in [6.07, 6.45) is 7.95. The van der Waals surface area contributed by atoms with Crippen LogP contribution in [0.3, 0.4) is 0 Å². The quantitative estimate of drug-likeness (QED) is 0.830. The van der Waals surface area contributed by atoms with Crippen LogP contribution >= 0.6 is 22.9 Å². The zero-order valence-electron chi connectivity index (χ0n) is 10.3. The van der Waals surface area contributed by atoms with E-state index in [2.05, 4.69) is 18.3 Å². The zero-order valence-corrected chi connectivity index (χ0v) is 11.9. The van der Waals surface area contributed by atoms with Gasteiger partial charge in [-0.3, -0.25) is 0 Å². The molecular formula is C14H20ClNS. The Bertz CT molecular complexity index is 401. The molecule has 1 heterocycles. The van der Waals surface area contributed by atoms with Crippen LogP contribution in [0.15, 0.2) is 6.07 Å². The van der Waals surface area contributed by atoms with Crippen LogP contribution in [0, 0.1) is 5.92 Å². The molecule has 3 rings (SSSR count). The van der Waals surface area contributed by atoms with Crippen LogP contribution in [0.5, 0.6) is 0 Å². The summed E-state index contributed by atoms with van der Waals surface area (Å²) in [4.78, 5) is 1.52. The highest BCUT2D eigenvalue weighted by molar-refractivity contribution is 7.16. The molecular weight excluding hydrogens is 250 g/mol. The lowest BCUT2D eigenvalue weighted by Gasteiger charge is -2.28. The van der Waals surface area contributed by atoms with Gasteiger partial charge in [-0.25, -0.2) is 0 Å². The molecule has 0 bridgehead atoms. The smallest absolute Gasteiger partial charge is 0.0934 e. The van der Waals surface area contributed by atoms with Crippen LogP contribution in [0.1, 0.15) is 55.5 Å². The van der Waals surface area contributed by atoms with E-state index in [4.69, 9.17) is 11.6 Å². The van der Waals surface area contributed by atoms with Gasteiger partial charge in [0.25, 0.3) is 0 Å². The van der Waals surface area contributed by atoms with Crippen molar-refractivity contribution in [2.45, 2.75) is 57.5 Å². The largest absolute Gasteiger partial charge is 0.307 e. The third-order valence-corrected chi connectivity index (χ3v) is 5.70. The third-order valence-electron chi connectivity index (χ3n) is 4.36. The first kappa shape index (κ1) is 12.0. The standard InChI is InChI=1S/C14H20ClNS/c1-9-4-2-5-11(9)16-12-6-3-7-13-10(12)8-14(15)17-13/h8-9,11-12,16H,2-7H2,1H3.